The maximum absolute atomic E-state index is 10.3. The van der Waals surface area contributed by atoms with Gasteiger partial charge in [-0.15, -0.1) is 0 Å². The van der Waals surface area contributed by atoms with Gasteiger partial charge >= 0.3 is 6.09 Å². The summed E-state index contributed by atoms with van der Waals surface area (Å²) in [6, 6.07) is 3.42. The predicted octanol–water partition coefficient (Wildman–Crippen LogP) is 0.960. The highest BCUT2D eigenvalue weighted by Crippen LogP contribution is 2.20. The van der Waals surface area contributed by atoms with Crippen LogP contribution in [0.3, 0.4) is 0 Å². The lowest BCUT2D eigenvalue weighted by atomic mass is 10.4. The summed E-state index contributed by atoms with van der Waals surface area (Å²) in [5, 5.41) is 2.96. The Morgan fingerprint density at radius 1 is 1.44 bits per heavy atom. The molecule has 0 aliphatic heterocycles. The molecule has 0 saturated heterocycles. The Kier molecular flexibility index (Phi) is 5.56. The number of aromatic nitrogens is 1. The van der Waals surface area contributed by atoms with E-state index in [1.807, 2.05) is 6.92 Å². The molecule has 7 nitrogen and oxygen atoms in total. The lowest BCUT2D eigenvalue weighted by molar-refractivity contribution is 0.161. The number of primary amides is 1. The number of nitrogens with one attached hydrogen (secondary N) is 1. The third kappa shape index (κ3) is 4.77. The zero-order chi connectivity index (χ0) is 13.4. The summed E-state index contributed by atoms with van der Waals surface area (Å²) in [5.41, 5.74) is 11.0. The minimum absolute atomic E-state index is 0.173. The van der Waals surface area contributed by atoms with Crippen molar-refractivity contribution in [3.05, 3.63) is 12.1 Å². The molecule has 0 spiro atoms. The molecule has 0 saturated carbocycles. The summed E-state index contributed by atoms with van der Waals surface area (Å²) >= 11 is 0. The van der Waals surface area contributed by atoms with Crippen molar-refractivity contribution in [2.24, 2.45) is 5.73 Å². The molecular formula is C11H18N4O3. The van der Waals surface area contributed by atoms with Gasteiger partial charge in [0.05, 0.1) is 18.8 Å². The van der Waals surface area contributed by atoms with Crippen molar-refractivity contribution in [2.45, 2.75) is 13.3 Å². The van der Waals surface area contributed by atoms with Crippen LogP contribution < -0.4 is 21.5 Å². The second kappa shape index (κ2) is 7.21. The Hall–Kier alpha value is -2.18. The third-order valence-electron chi connectivity index (χ3n) is 1.99. The van der Waals surface area contributed by atoms with Crippen molar-refractivity contribution in [3.63, 3.8) is 0 Å². The molecule has 0 radical (unpaired) electrons. The van der Waals surface area contributed by atoms with Gasteiger partial charge in [-0.05, 0) is 18.6 Å². The molecule has 1 aromatic heterocycles. The van der Waals surface area contributed by atoms with E-state index in [0.717, 1.165) is 6.42 Å². The Bertz CT molecular complexity index is 398. The van der Waals surface area contributed by atoms with Gasteiger partial charge in [-0.1, -0.05) is 6.92 Å². The van der Waals surface area contributed by atoms with Crippen molar-refractivity contribution in [1.82, 2.24) is 4.98 Å². The van der Waals surface area contributed by atoms with Crippen LogP contribution in [0.25, 0.3) is 0 Å². The van der Waals surface area contributed by atoms with Gasteiger partial charge in [-0.2, -0.15) is 4.98 Å². The summed E-state index contributed by atoms with van der Waals surface area (Å²) in [4.78, 5) is 14.5. The van der Waals surface area contributed by atoms with Crippen LogP contribution in [0.5, 0.6) is 5.88 Å². The molecule has 0 aliphatic rings. The van der Waals surface area contributed by atoms with Gasteiger partial charge in [0.1, 0.15) is 12.4 Å². The lowest BCUT2D eigenvalue weighted by Gasteiger charge is -2.10. The third-order valence-corrected chi connectivity index (χ3v) is 1.99. The predicted molar refractivity (Wildman–Crippen MR) is 68.5 cm³/mol. The smallest absolute Gasteiger partial charge is 0.404 e. The standard InChI is InChI=1S/C11H18N4O3/c1-2-6-17-10-8(12)3-4-9(15-10)14-5-7-18-11(13)16/h3-4H,2,5-7,12H2,1H3,(H2,13,16)(H,14,15). The molecule has 0 aromatic carbocycles. The van der Waals surface area contributed by atoms with Crippen molar-refractivity contribution in [2.75, 3.05) is 30.8 Å². The molecule has 0 fully saturated rings. The highest BCUT2D eigenvalue weighted by molar-refractivity contribution is 5.64. The molecule has 100 valence electrons. The molecule has 1 heterocycles. The van der Waals surface area contributed by atoms with Crippen LogP contribution in [0, 0.1) is 0 Å². The molecule has 18 heavy (non-hydrogen) atoms. The van der Waals surface area contributed by atoms with Gasteiger partial charge in [-0.25, -0.2) is 4.79 Å². The molecule has 5 N–H and O–H groups in total. The van der Waals surface area contributed by atoms with Gasteiger partial charge < -0.3 is 26.3 Å². The summed E-state index contributed by atoms with van der Waals surface area (Å²) in [5.74, 6) is 1.00. The first-order chi connectivity index (χ1) is 8.63. The number of nitrogens with zero attached hydrogens (tertiary/aromatic N) is 1. The van der Waals surface area contributed by atoms with E-state index < -0.39 is 6.09 Å². The molecule has 0 bridgehead atoms. The van der Waals surface area contributed by atoms with E-state index in [0.29, 0.717) is 30.5 Å². The summed E-state index contributed by atoms with van der Waals surface area (Å²) in [7, 11) is 0. The van der Waals surface area contributed by atoms with Crippen LogP contribution in [0.4, 0.5) is 16.3 Å². The van der Waals surface area contributed by atoms with Crippen molar-refractivity contribution in [3.8, 4) is 5.88 Å². The number of amides is 1. The van der Waals surface area contributed by atoms with Crippen LogP contribution in [-0.2, 0) is 4.74 Å². The second-order valence-electron chi connectivity index (χ2n) is 3.53. The Labute approximate surface area is 105 Å². The van der Waals surface area contributed by atoms with E-state index in [2.05, 4.69) is 15.0 Å². The topological polar surface area (TPSA) is 112 Å². The zero-order valence-electron chi connectivity index (χ0n) is 10.3. The Morgan fingerprint density at radius 3 is 2.89 bits per heavy atom. The van der Waals surface area contributed by atoms with Crippen molar-refractivity contribution >= 4 is 17.6 Å². The SMILES string of the molecule is CCCOc1nc(NCCOC(N)=O)ccc1N. The van der Waals surface area contributed by atoms with Gasteiger partial charge in [0.2, 0.25) is 5.88 Å². The highest BCUT2D eigenvalue weighted by Gasteiger charge is 2.04. The van der Waals surface area contributed by atoms with Crippen molar-refractivity contribution in [1.29, 1.82) is 0 Å². The molecule has 7 heteroatoms. The van der Waals surface area contributed by atoms with Gasteiger partial charge in [0.15, 0.2) is 0 Å². The average Bonchev–Trinajstić information content (AvgIpc) is 2.34. The number of hydrogen-bond acceptors (Lipinski definition) is 6. The fourth-order valence-electron chi connectivity index (χ4n) is 1.19. The van der Waals surface area contributed by atoms with E-state index >= 15 is 0 Å². The molecule has 1 aromatic rings. The van der Waals surface area contributed by atoms with Crippen LogP contribution in [-0.4, -0.2) is 30.8 Å². The summed E-state index contributed by atoms with van der Waals surface area (Å²) in [6.07, 6.45) is 0.0830. The number of rotatable bonds is 7. The monoisotopic (exact) mass is 254 g/mol. The number of carbonyl (C=O) groups is 1. The average molecular weight is 254 g/mol. The quantitative estimate of drug-likeness (QED) is 0.625. The number of hydrogen-bond donors (Lipinski definition) is 3. The second-order valence-corrected chi connectivity index (χ2v) is 3.53. The van der Waals surface area contributed by atoms with Crippen LogP contribution in [0.2, 0.25) is 0 Å². The normalized spacial score (nSPS) is 9.83. The minimum Gasteiger partial charge on any atom is -0.476 e. The number of anilines is 2. The summed E-state index contributed by atoms with van der Waals surface area (Å²) in [6.45, 7) is 3.14. The minimum atomic E-state index is -0.797. The first-order valence-corrected chi connectivity index (χ1v) is 5.69. The molecule has 0 unspecified atom stereocenters. The van der Waals surface area contributed by atoms with E-state index in [1.54, 1.807) is 12.1 Å². The van der Waals surface area contributed by atoms with E-state index in [9.17, 15) is 4.79 Å². The van der Waals surface area contributed by atoms with Gasteiger partial charge in [-0.3, -0.25) is 0 Å². The number of carbonyl (C=O) groups excluding carboxylic acids is 1. The van der Waals surface area contributed by atoms with Crippen molar-refractivity contribution < 1.29 is 14.3 Å². The molecule has 0 atom stereocenters. The van der Waals surface area contributed by atoms with Crippen LogP contribution in [0.1, 0.15) is 13.3 Å². The number of nitrogens with two attached hydrogens (primary N) is 2. The number of pyridine rings is 1. The number of ether oxygens (including phenoxy) is 2. The summed E-state index contributed by atoms with van der Waals surface area (Å²) < 4.78 is 9.96. The first kappa shape index (κ1) is 13.9. The van der Waals surface area contributed by atoms with E-state index in [1.165, 1.54) is 0 Å². The van der Waals surface area contributed by atoms with Gasteiger partial charge in [0, 0.05) is 0 Å². The highest BCUT2D eigenvalue weighted by atomic mass is 16.5. The Balaban J connectivity index is 2.48. The fourth-order valence-corrected chi connectivity index (χ4v) is 1.19. The van der Waals surface area contributed by atoms with E-state index in [-0.39, 0.29) is 6.61 Å². The molecule has 0 aliphatic carbocycles. The first-order valence-electron chi connectivity index (χ1n) is 5.69. The molecular weight excluding hydrogens is 236 g/mol. The zero-order valence-corrected chi connectivity index (χ0v) is 10.3. The lowest BCUT2D eigenvalue weighted by Crippen LogP contribution is -2.18. The van der Waals surface area contributed by atoms with Crippen LogP contribution >= 0.6 is 0 Å². The van der Waals surface area contributed by atoms with E-state index in [4.69, 9.17) is 16.2 Å². The number of nitrogen functional groups attached to an aromatic ring is 1. The molecule has 1 amide bonds. The fraction of sp³-hybridized carbons (Fsp3) is 0.455. The molecule has 1 rings (SSSR count). The maximum Gasteiger partial charge on any atom is 0.404 e. The Morgan fingerprint density at radius 2 is 2.22 bits per heavy atom. The maximum atomic E-state index is 10.3. The largest absolute Gasteiger partial charge is 0.476 e. The van der Waals surface area contributed by atoms with Gasteiger partial charge in [0.25, 0.3) is 0 Å². The van der Waals surface area contributed by atoms with Crippen LogP contribution in [0.15, 0.2) is 12.1 Å².